The molecule has 0 aliphatic carbocycles. The van der Waals surface area contributed by atoms with Gasteiger partial charge in [0.15, 0.2) is 5.84 Å². The highest BCUT2D eigenvalue weighted by Gasteiger charge is 2.24. The minimum atomic E-state index is -0.166. The van der Waals surface area contributed by atoms with Crippen molar-refractivity contribution >= 4 is 22.9 Å². The standard InChI is InChI=1S/C25H32N6O2/c1-16(23-17(2)29-30-25(24(23)26)31(4)5)28-20-15-19(32)11-12-22(20)33-21(13-14-27-3)18-9-7-6-8-10-18/h6-12,15,21,26-28,32H,13-14H2,1-5H3/b23-16-,26-24?. The maximum atomic E-state index is 10.2. The molecule has 174 valence electrons. The Morgan fingerprint density at radius 3 is 2.55 bits per heavy atom. The minimum Gasteiger partial charge on any atom is -0.508 e. The predicted molar refractivity (Wildman–Crippen MR) is 135 cm³/mol. The van der Waals surface area contributed by atoms with E-state index in [2.05, 4.69) is 20.8 Å². The van der Waals surface area contributed by atoms with Crippen LogP contribution in [0.2, 0.25) is 0 Å². The van der Waals surface area contributed by atoms with E-state index < -0.39 is 0 Å². The van der Waals surface area contributed by atoms with Crippen molar-refractivity contribution in [3.8, 4) is 11.5 Å². The zero-order chi connectivity index (χ0) is 24.0. The number of benzene rings is 2. The van der Waals surface area contributed by atoms with Gasteiger partial charge in [0.1, 0.15) is 23.3 Å². The second kappa shape index (κ2) is 10.8. The molecule has 2 aromatic rings. The van der Waals surface area contributed by atoms with Crippen molar-refractivity contribution in [2.45, 2.75) is 26.4 Å². The Kier molecular flexibility index (Phi) is 7.84. The van der Waals surface area contributed by atoms with Gasteiger partial charge in [-0.05, 0) is 45.1 Å². The average molecular weight is 449 g/mol. The third kappa shape index (κ3) is 5.78. The van der Waals surface area contributed by atoms with Gasteiger partial charge in [0.05, 0.1) is 11.4 Å². The number of phenols is 1. The Bertz CT molecular complexity index is 1090. The largest absolute Gasteiger partial charge is 0.508 e. The van der Waals surface area contributed by atoms with Crippen LogP contribution in [-0.2, 0) is 0 Å². The molecular weight excluding hydrogens is 416 g/mol. The molecule has 0 saturated heterocycles. The average Bonchev–Trinajstić information content (AvgIpc) is 2.78. The van der Waals surface area contributed by atoms with Gasteiger partial charge in [-0.25, -0.2) is 0 Å². The van der Waals surface area contributed by atoms with Crippen LogP contribution >= 0.6 is 0 Å². The molecule has 0 saturated carbocycles. The van der Waals surface area contributed by atoms with Crippen LogP contribution in [0.1, 0.15) is 31.9 Å². The lowest BCUT2D eigenvalue weighted by Gasteiger charge is -2.24. The molecule has 1 heterocycles. The predicted octanol–water partition coefficient (Wildman–Crippen LogP) is 4.18. The fourth-order valence-corrected chi connectivity index (χ4v) is 3.66. The summed E-state index contributed by atoms with van der Waals surface area (Å²) in [5.74, 6) is 1.21. The minimum absolute atomic E-state index is 0.119. The fourth-order valence-electron chi connectivity index (χ4n) is 3.66. The van der Waals surface area contributed by atoms with Gasteiger partial charge in [-0.15, -0.1) is 5.10 Å². The van der Waals surface area contributed by atoms with Crippen molar-refractivity contribution in [3.63, 3.8) is 0 Å². The first-order valence-electron chi connectivity index (χ1n) is 10.9. The summed E-state index contributed by atoms with van der Waals surface area (Å²) in [6.45, 7) is 4.50. The second-order valence-electron chi connectivity index (χ2n) is 8.09. The van der Waals surface area contributed by atoms with Crippen LogP contribution < -0.4 is 15.4 Å². The van der Waals surface area contributed by atoms with Gasteiger partial charge < -0.3 is 25.4 Å². The summed E-state index contributed by atoms with van der Waals surface area (Å²) in [6.07, 6.45) is 0.612. The fraction of sp³-hybridized carbons (Fsp3) is 0.320. The Morgan fingerprint density at radius 2 is 1.88 bits per heavy atom. The van der Waals surface area contributed by atoms with E-state index >= 15 is 0 Å². The van der Waals surface area contributed by atoms with Crippen LogP contribution in [0.5, 0.6) is 11.5 Å². The molecule has 1 aliphatic heterocycles. The summed E-state index contributed by atoms with van der Waals surface area (Å²) in [4.78, 5) is 1.76. The first kappa shape index (κ1) is 24.0. The molecule has 0 aromatic heterocycles. The number of aromatic hydroxyl groups is 1. The number of anilines is 1. The third-order valence-electron chi connectivity index (χ3n) is 5.31. The van der Waals surface area contributed by atoms with Crippen LogP contribution in [0.15, 0.2) is 70.0 Å². The summed E-state index contributed by atoms with van der Waals surface area (Å²) in [7, 11) is 5.58. The van der Waals surface area contributed by atoms with Crippen molar-refractivity contribution in [2.75, 3.05) is 33.0 Å². The van der Waals surface area contributed by atoms with Gasteiger partial charge in [0, 0.05) is 37.9 Å². The van der Waals surface area contributed by atoms with Crippen molar-refractivity contribution in [3.05, 3.63) is 65.4 Å². The number of hydrogen-bond donors (Lipinski definition) is 4. The quantitative estimate of drug-likeness (QED) is 0.485. The first-order valence-corrected chi connectivity index (χ1v) is 10.9. The topological polar surface area (TPSA) is 105 Å². The Morgan fingerprint density at radius 1 is 1.15 bits per heavy atom. The third-order valence-corrected chi connectivity index (χ3v) is 5.31. The molecule has 0 bridgehead atoms. The van der Waals surface area contributed by atoms with E-state index in [0.717, 1.165) is 24.2 Å². The summed E-state index contributed by atoms with van der Waals surface area (Å²) in [5.41, 5.74) is 4.01. The Balaban J connectivity index is 1.94. The number of hydrogen-bond acceptors (Lipinski definition) is 8. The van der Waals surface area contributed by atoms with Crippen molar-refractivity contribution in [1.82, 2.24) is 10.2 Å². The summed E-state index contributed by atoms with van der Waals surface area (Å²) >= 11 is 0. The molecule has 33 heavy (non-hydrogen) atoms. The summed E-state index contributed by atoms with van der Waals surface area (Å²) < 4.78 is 6.44. The van der Waals surface area contributed by atoms with E-state index in [0.29, 0.717) is 28.6 Å². The van der Waals surface area contributed by atoms with Gasteiger partial charge >= 0.3 is 0 Å². The maximum Gasteiger partial charge on any atom is 0.176 e. The van der Waals surface area contributed by atoms with Gasteiger partial charge in [0.25, 0.3) is 0 Å². The molecule has 2 aromatic carbocycles. The van der Waals surface area contributed by atoms with Crippen molar-refractivity contribution in [1.29, 1.82) is 5.41 Å². The zero-order valence-corrected chi connectivity index (χ0v) is 19.8. The number of phenolic OH excluding ortho intramolecular Hbond substituents is 1. The number of ether oxygens (including phenoxy) is 1. The Hall–Kier alpha value is -3.65. The van der Waals surface area contributed by atoms with Gasteiger partial charge in [-0.2, -0.15) is 5.10 Å². The van der Waals surface area contributed by atoms with Gasteiger partial charge in [-0.1, -0.05) is 30.3 Å². The summed E-state index contributed by atoms with van der Waals surface area (Å²) in [5, 5.41) is 33.7. The SMILES string of the molecule is CNCCC(Oc1ccc(O)cc1N/C(C)=C1\C(=N)C(N(C)C)=NN=C1C)c1ccccc1. The molecule has 4 N–H and O–H groups in total. The van der Waals surface area contributed by atoms with Crippen LogP contribution in [0.3, 0.4) is 0 Å². The van der Waals surface area contributed by atoms with Crippen LogP contribution in [-0.4, -0.2) is 55.0 Å². The van der Waals surface area contributed by atoms with E-state index in [4.69, 9.17) is 10.1 Å². The second-order valence-corrected chi connectivity index (χ2v) is 8.09. The maximum absolute atomic E-state index is 10.2. The number of nitrogens with one attached hydrogen (secondary N) is 3. The molecule has 8 heteroatoms. The number of rotatable bonds is 8. The van der Waals surface area contributed by atoms with E-state index in [9.17, 15) is 5.11 Å². The molecule has 1 aliphatic rings. The number of allylic oxidation sites excluding steroid dienone is 1. The smallest absolute Gasteiger partial charge is 0.176 e. The highest BCUT2D eigenvalue weighted by molar-refractivity contribution is 6.53. The Labute approximate surface area is 195 Å². The van der Waals surface area contributed by atoms with Gasteiger partial charge in [-0.3, -0.25) is 5.41 Å². The molecule has 0 spiro atoms. The lowest BCUT2D eigenvalue weighted by atomic mass is 10.0. The van der Waals surface area contributed by atoms with Crippen LogP contribution in [0.4, 0.5) is 5.69 Å². The molecule has 8 nitrogen and oxygen atoms in total. The summed E-state index contributed by atoms with van der Waals surface area (Å²) in [6, 6.07) is 15.1. The van der Waals surface area contributed by atoms with E-state index in [-0.39, 0.29) is 17.6 Å². The lowest BCUT2D eigenvalue weighted by Crippen LogP contribution is -2.35. The highest BCUT2D eigenvalue weighted by Crippen LogP contribution is 2.35. The molecular formula is C25H32N6O2. The molecule has 1 atom stereocenters. The highest BCUT2D eigenvalue weighted by atomic mass is 16.5. The number of amidine groups is 1. The first-order chi connectivity index (χ1) is 15.8. The van der Waals surface area contributed by atoms with Gasteiger partial charge in [0.2, 0.25) is 0 Å². The molecule has 3 rings (SSSR count). The molecule has 0 fully saturated rings. The van der Waals surface area contributed by atoms with Crippen molar-refractivity contribution in [2.24, 2.45) is 10.2 Å². The monoisotopic (exact) mass is 448 g/mol. The molecule has 0 radical (unpaired) electrons. The van der Waals surface area contributed by atoms with E-state index in [1.165, 1.54) is 0 Å². The normalized spacial score (nSPS) is 16.0. The zero-order valence-electron chi connectivity index (χ0n) is 19.8. The number of nitrogens with zero attached hydrogens (tertiary/aromatic N) is 3. The van der Waals surface area contributed by atoms with E-state index in [1.54, 1.807) is 23.1 Å². The van der Waals surface area contributed by atoms with E-state index in [1.807, 2.05) is 65.3 Å². The molecule has 1 unspecified atom stereocenters. The van der Waals surface area contributed by atoms with Crippen LogP contribution in [0.25, 0.3) is 0 Å². The van der Waals surface area contributed by atoms with Crippen molar-refractivity contribution < 1.29 is 9.84 Å². The lowest BCUT2D eigenvalue weighted by molar-refractivity contribution is 0.196. The molecule has 0 amide bonds. The van der Waals surface area contributed by atoms with Crippen LogP contribution in [0, 0.1) is 5.41 Å².